The van der Waals surface area contributed by atoms with Gasteiger partial charge in [0.25, 0.3) is 0 Å². The van der Waals surface area contributed by atoms with Crippen LogP contribution in [0.1, 0.15) is 56.6 Å². The molecule has 0 spiro atoms. The normalized spacial score (nSPS) is 13.4. The van der Waals surface area contributed by atoms with Crippen LogP contribution in [0.4, 0.5) is 5.69 Å². The van der Waals surface area contributed by atoms with Gasteiger partial charge in [-0.3, -0.25) is 4.79 Å². The first kappa shape index (κ1) is 16.3. The van der Waals surface area contributed by atoms with E-state index in [1.807, 2.05) is 30.3 Å². The van der Waals surface area contributed by atoms with Crippen molar-refractivity contribution in [3.05, 3.63) is 65.7 Å². The molecular formula is C20H25NO. The number of carbonyl (C=O) groups is 1. The van der Waals surface area contributed by atoms with Crippen LogP contribution in [0.25, 0.3) is 0 Å². The first-order chi connectivity index (χ1) is 10.6. The van der Waals surface area contributed by atoms with E-state index < -0.39 is 0 Å². The van der Waals surface area contributed by atoms with Crippen LogP contribution >= 0.6 is 0 Å². The minimum absolute atomic E-state index is 0.0626. The molecule has 116 valence electrons. The molecule has 0 unspecified atom stereocenters. The van der Waals surface area contributed by atoms with E-state index in [-0.39, 0.29) is 11.8 Å². The highest BCUT2D eigenvalue weighted by atomic mass is 16.1. The molecule has 0 radical (unpaired) electrons. The third kappa shape index (κ3) is 4.45. The standard InChI is InChI=1S/C20H25NO/c1-4-15(2)18-10-12-19(13-11-18)21-20(22)14-16(3)17-8-6-5-7-9-17/h5-13,15-16H,4,14H2,1-3H3,(H,21,22)/t15-,16-/m0/s1. The van der Waals surface area contributed by atoms with Crippen molar-refractivity contribution in [3.8, 4) is 0 Å². The number of hydrogen-bond donors (Lipinski definition) is 1. The number of amides is 1. The summed E-state index contributed by atoms with van der Waals surface area (Å²) in [4.78, 5) is 12.2. The van der Waals surface area contributed by atoms with Gasteiger partial charge in [0, 0.05) is 12.1 Å². The molecule has 2 nitrogen and oxygen atoms in total. The van der Waals surface area contributed by atoms with Gasteiger partial charge >= 0.3 is 0 Å². The highest BCUT2D eigenvalue weighted by Gasteiger charge is 2.11. The maximum Gasteiger partial charge on any atom is 0.224 e. The average Bonchev–Trinajstić information content (AvgIpc) is 2.55. The zero-order valence-electron chi connectivity index (χ0n) is 13.7. The van der Waals surface area contributed by atoms with Crippen molar-refractivity contribution in [2.45, 2.75) is 45.4 Å². The molecule has 2 rings (SSSR count). The van der Waals surface area contributed by atoms with Crippen molar-refractivity contribution in [3.63, 3.8) is 0 Å². The van der Waals surface area contributed by atoms with E-state index in [0.717, 1.165) is 12.1 Å². The van der Waals surface area contributed by atoms with E-state index in [1.54, 1.807) is 0 Å². The maximum absolute atomic E-state index is 12.2. The Bertz CT molecular complexity index is 589. The van der Waals surface area contributed by atoms with Gasteiger partial charge in [-0.05, 0) is 41.5 Å². The molecule has 2 aromatic carbocycles. The van der Waals surface area contributed by atoms with E-state index in [1.165, 1.54) is 11.1 Å². The molecule has 2 heteroatoms. The molecule has 0 fully saturated rings. The third-order valence-corrected chi connectivity index (χ3v) is 4.24. The minimum Gasteiger partial charge on any atom is -0.326 e. The number of benzene rings is 2. The Hall–Kier alpha value is -2.09. The highest BCUT2D eigenvalue weighted by Crippen LogP contribution is 2.22. The fourth-order valence-corrected chi connectivity index (χ4v) is 2.52. The predicted molar refractivity (Wildman–Crippen MR) is 93.3 cm³/mol. The largest absolute Gasteiger partial charge is 0.326 e. The summed E-state index contributed by atoms with van der Waals surface area (Å²) >= 11 is 0. The SMILES string of the molecule is CC[C@H](C)c1ccc(NC(=O)C[C@H](C)c2ccccc2)cc1. The van der Waals surface area contributed by atoms with Crippen LogP contribution in [0.5, 0.6) is 0 Å². The Morgan fingerprint density at radius 1 is 0.909 bits per heavy atom. The van der Waals surface area contributed by atoms with Gasteiger partial charge in [-0.2, -0.15) is 0 Å². The molecule has 2 aromatic rings. The molecule has 0 aliphatic carbocycles. The van der Waals surface area contributed by atoms with Crippen LogP contribution in [0.3, 0.4) is 0 Å². The van der Waals surface area contributed by atoms with Crippen LogP contribution in [-0.4, -0.2) is 5.91 Å². The Labute approximate surface area is 133 Å². The lowest BCUT2D eigenvalue weighted by atomic mass is 9.97. The van der Waals surface area contributed by atoms with Gasteiger partial charge < -0.3 is 5.32 Å². The summed E-state index contributed by atoms with van der Waals surface area (Å²) in [7, 11) is 0. The summed E-state index contributed by atoms with van der Waals surface area (Å²) in [6, 6.07) is 18.3. The fraction of sp³-hybridized carbons (Fsp3) is 0.350. The third-order valence-electron chi connectivity index (χ3n) is 4.24. The van der Waals surface area contributed by atoms with Crippen molar-refractivity contribution >= 4 is 11.6 Å². The number of nitrogens with one attached hydrogen (secondary N) is 1. The van der Waals surface area contributed by atoms with E-state index in [4.69, 9.17) is 0 Å². The zero-order valence-corrected chi connectivity index (χ0v) is 13.7. The second-order valence-electron chi connectivity index (χ2n) is 6.00. The molecule has 1 amide bonds. The van der Waals surface area contributed by atoms with Crippen molar-refractivity contribution in [1.82, 2.24) is 0 Å². The Kier molecular flexibility index (Phi) is 5.76. The lowest BCUT2D eigenvalue weighted by Gasteiger charge is -2.13. The average molecular weight is 295 g/mol. The smallest absolute Gasteiger partial charge is 0.224 e. The van der Waals surface area contributed by atoms with E-state index >= 15 is 0 Å². The summed E-state index contributed by atoms with van der Waals surface area (Å²) in [5.41, 5.74) is 3.39. The zero-order chi connectivity index (χ0) is 15.9. The van der Waals surface area contributed by atoms with Gasteiger partial charge in [-0.15, -0.1) is 0 Å². The Morgan fingerprint density at radius 2 is 1.50 bits per heavy atom. The quantitative estimate of drug-likeness (QED) is 0.766. The van der Waals surface area contributed by atoms with Crippen molar-refractivity contribution in [2.24, 2.45) is 0 Å². The van der Waals surface area contributed by atoms with E-state index in [9.17, 15) is 4.79 Å². The summed E-state index contributed by atoms with van der Waals surface area (Å²) in [6.07, 6.45) is 1.62. The van der Waals surface area contributed by atoms with Gasteiger partial charge in [0.15, 0.2) is 0 Å². The Morgan fingerprint density at radius 3 is 2.09 bits per heavy atom. The monoisotopic (exact) mass is 295 g/mol. The topological polar surface area (TPSA) is 29.1 Å². The van der Waals surface area contributed by atoms with Crippen LogP contribution in [-0.2, 0) is 4.79 Å². The number of anilines is 1. The number of rotatable bonds is 6. The predicted octanol–water partition coefficient (Wildman–Crippen LogP) is 5.33. The molecule has 0 saturated carbocycles. The first-order valence-electron chi connectivity index (χ1n) is 8.05. The van der Waals surface area contributed by atoms with Crippen LogP contribution in [0.2, 0.25) is 0 Å². The van der Waals surface area contributed by atoms with Gasteiger partial charge in [-0.25, -0.2) is 0 Å². The highest BCUT2D eigenvalue weighted by molar-refractivity contribution is 5.91. The molecule has 1 N–H and O–H groups in total. The van der Waals surface area contributed by atoms with Gasteiger partial charge in [0.1, 0.15) is 0 Å². The molecule has 0 bridgehead atoms. The van der Waals surface area contributed by atoms with Gasteiger partial charge in [0.05, 0.1) is 0 Å². The van der Waals surface area contributed by atoms with E-state index in [0.29, 0.717) is 12.3 Å². The summed E-state index contributed by atoms with van der Waals surface area (Å²) in [5, 5.41) is 2.99. The molecule has 2 atom stereocenters. The minimum atomic E-state index is 0.0626. The summed E-state index contributed by atoms with van der Waals surface area (Å²) < 4.78 is 0. The van der Waals surface area contributed by atoms with Crippen molar-refractivity contribution in [2.75, 3.05) is 5.32 Å². The molecule has 0 aromatic heterocycles. The van der Waals surface area contributed by atoms with Crippen LogP contribution < -0.4 is 5.32 Å². The molecule has 0 aliphatic rings. The molecule has 0 saturated heterocycles. The molecule has 0 aliphatic heterocycles. The molecular weight excluding hydrogens is 270 g/mol. The molecule has 0 heterocycles. The molecule has 22 heavy (non-hydrogen) atoms. The van der Waals surface area contributed by atoms with Gasteiger partial charge in [0.2, 0.25) is 5.91 Å². The van der Waals surface area contributed by atoms with Crippen molar-refractivity contribution < 1.29 is 4.79 Å². The van der Waals surface area contributed by atoms with Crippen molar-refractivity contribution in [1.29, 1.82) is 0 Å². The maximum atomic E-state index is 12.2. The second-order valence-corrected chi connectivity index (χ2v) is 6.00. The second kappa shape index (κ2) is 7.79. The lowest BCUT2D eigenvalue weighted by Crippen LogP contribution is -2.14. The van der Waals surface area contributed by atoms with E-state index in [2.05, 4.69) is 50.4 Å². The summed E-state index contributed by atoms with van der Waals surface area (Å²) in [5.74, 6) is 0.844. The van der Waals surface area contributed by atoms with Crippen LogP contribution in [0, 0.1) is 0 Å². The number of hydrogen-bond acceptors (Lipinski definition) is 1. The lowest BCUT2D eigenvalue weighted by molar-refractivity contribution is -0.116. The Balaban J connectivity index is 1.92. The fourth-order valence-electron chi connectivity index (χ4n) is 2.52. The number of carbonyl (C=O) groups excluding carboxylic acids is 1. The first-order valence-corrected chi connectivity index (χ1v) is 8.05. The summed E-state index contributed by atoms with van der Waals surface area (Å²) in [6.45, 7) is 6.49. The van der Waals surface area contributed by atoms with Gasteiger partial charge in [-0.1, -0.05) is 63.2 Å². The van der Waals surface area contributed by atoms with Crippen LogP contribution in [0.15, 0.2) is 54.6 Å².